The molecule has 3 heterocycles. The van der Waals surface area contributed by atoms with Gasteiger partial charge in [-0.25, -0.2) is 9.97 Å². The third-order valence-electron chi connectivity index (χ3n) is 4.32. The van der Waals surface area contributed by atoms with Crippen molar-refractivity contribution in [2.45, 2.75) is 32.4 Å². The van der Waals surface area contributed by atoms with Gasteiger partial charge in [0.1, 0.15) is 5.82 Å². The van der Waals surface area contributed by atoms with Crippen LogP contribution in [0.25, 0.3) is 0 Å². The lowest BCUT2D eigenvalue weighted by atomic mass is 10.0. The van der Waals surface area contributed by atoms with Crippen LogP contribution >= 0.6 is 0 Å². The molecule has 22 heavy (non-hydrogen) atoms. The van der Waals surface area contributed by atoms with Crippen molar-refractivity contribution < 1.29 is 0 Å². The maximum atomic E-state index is 4.51. The van der Waals surface area contributed by atoms with E-state index < -0.39 is 0 Å². The van der Waals surface area contributed by atoms with Gasteiger partial charge in [0.2, 0.25) is 0 Å². The molecule has 2 aromatic heterocycles. The van der Waals surface area contributed by atoms with Gasteiger partial charge in [0.05, 0.1) is 17.6 Å². The summed E-state index contributed by atoms with van der Waals surface area (Å²) in [6.45, 7) is 4.97. The van der Waals surface area contributed by atoms with Gasteiger partial charge in [-0.1, -0.05) is 0 Å². The Kier molecular flexibility index (Phi) is 4.38. The second-order valence-electron chi connectivity index (χ2n) is 6.12. The first-order valence-electron chi connectivity index (χ1n) is 7.84. The Bertz CT molecular complexity index is 623. The monoisotopic (exact) mass is 300 g/mol. The minimum absolute atomic E-state index is 0.546. The molecule has 118 valence electrons. The molecule has 2 aromatic rings. The number of nitrogens with zero attached hydrogens (tertiary/aromatic N) is 6. The molecule has 1 fully saturated rings. The van der Waals surface area contributed by atoms with E-state index in [2.05, 4.69) is 38.1 Å². The number of hydrogen-bond acceptors (Lipinski definition) is 5. The van der Waals surface area contributed by atoms with Crippen molar-refractivity contribution in [3.63, 3.8) is 0 Å². The summed E-state index contributed by atoms with van der Waals surface area (Å²) in [5.41, 5.74) is 2.31. The van der Waals surface area contributed by atoms with Crippen LogP contribution in [0.2, 0.25) is 0 Å². The molecule has 0 aromatic carbocycles. The van der Waals surface area contributed by atoms with Crippen LogP contribution in [0.1, 0.15) is 24.4 Å². The van der Waals surface area contributed by atoms with E-state index in [4.69, 9.17) is 0 Å². The van der Waals surface area contributed by atoms with E-state index in [1.54, 1.807) is 0 Å². The lowest BCUT2D eigenvalue weighted by molar-refractivity contribution is 0.205. The summed E-state index contributed by atoms with van der Waals surface area (Å²) in [4.78, 5) is 13.5. The quantitative estimate of drug-likeness (QED) is 0.859. The summed E-state index contributed by atoms with van der Waals surface area (Å²) in [6, 6.07) is 2.55. The Hall–Kier alpha value is -1.95. The Morgan fingerprint density at radius 1 is 1.41 bits per heavy atom. The second-order valence-corrected chi connectivity index (χ2v) is 6.12. The highest BCUT2D eigenvalue weighted by atomic mass is 15.3. The highest BCUT2D eigenvalue weighted by molar-refractivity contribution is 5.43. The van der Waals surface area contributed by atoms with E-state index in [1.165, 1.54) is 18.5 Å². The molecule has 6 heteroatoms. The van der Waals surface area contributed by atoms with Crippen LogP contribution in [-0.4, -0.2) is 50.8 Å². The second kappa shape index (κ2) is 6.44. The van der Waals surface area contributed by atoms with Crippen LogP contribution in [0.4, 0.5) is 5.69 Å². The molecule has 3 rings (SSSR count). The average molecular weight is 300 g/mol. The summed E-state index contributed by atoms with van der Waals surface area (Å²) >= 11 is 0. The van der Waals surface area contributed by atoms with Crippen LogP contribution in [-0.2, 0) is 13.6 Å². The van der Waals surface area contributed by atoms with Crippen molar-refractivity contribution in [1.29, 1.82) is 0 Å². The molecule has 0 bridgehead atoms. The lowest BCUT2D eigenvalue weighted by Gasteiger charge is -2.38. The van der Waals surface area contributed by atoms with Gasteiger partial charge in [0.15, 0.2) is 0 Å². The van der Waals surface area contributed by atoms with Crippen molar-refractivity contribution in [1.82, 2.24) is 24.6 Å². The molecule has 0 amide bonds. The van der Waals surface area contributed by atoms with E-state index in [1.807, 2.05) is 37.1 Å². The Morgan fingerprint density at radius 2 is 2.27 bits per heavy atom. The number of likely N-dealkylation sites (N-methyl/N-ethyl adjacent to an activating group) is 1. The molecule has 0 N–H and O–H groups in total. The average Bonchev–Trinajstić information content (AvgIpc) is 2.94. The standard InChI is InChI=1S/C16H24N6/c1-13-17-7-6-14(19-13)10-20(2)15-5-4-8-22(12-15)16-9-18-21(3)11-16/h6-7,9,11,15H,4-5,8,10,12H2,1-3H3. The molecule has 6 nitrogen and oxygen atoms in total. The van der Waals surface area contributed by atoms with Gasteiger partial charge in [-0.2, -0.15) is 5.10 Å². The molecule has 1 atom stereocenters. The predicted molar refractivity (Wildman–Crippen MR) is 86.7 cm³/mol. The van der Waals surface area contributed by atoms with Gasteiger partial charge >= 0.3 is 0 Å². The van der Waals surface area contributed by atoms with Crippen LogP contribution in [0.15, 0.2) is 24.7 Å². The molecule has 0 radical (unpaired) electrons. The number of anilines is 1. The van der Waals surface area contributed by atoms with E-state index in [0.29, 0.717) is 6.04 Å². The van der Waals surface area contributed by atoms with E-state index >= 15 is 0 Å². The van der Waals surface area contributed by atoms with Crippen LogP contribution < -0.4 is 4.90 Å². The highest BCUT2D eigenvalue weighted by Crippen LogP contribution is 2.22. The van der Waals surface area contributed by atoms with E-state index in [0.717, 1.165) is 31.2 Å². The lowest BCUT2D eigenvalue weighted by Crippen LogP contribution is -2.46. The summed E-state index contributed by atoms with van der Waals surface area (Å²) in [5.74, 6) is 0.839. The van der Waals surface area contributed by atoms with Crippen LogP contribution in [0.5, 0.6) is 0 Å². The molecule has 1 unspecified atom stereocenters. The topological polar surface area (TPSA) is 50.1 Å². The molecular formula is C16H24N6. The fourth-order valence-electron chi connectivity index (χ4n) is 3.10. The third-order valence-corrected chi connectivity index (χ3v) is 4.32. The number of aromatic nitrogens is 4. The summed E-state index contributed by atoms with van der Waals surface area (Å²) in [7, 11) is 4.16. The number of piperidine rings is 1. The van der Waals surface area contributed by atoms with Crippen molar-refractivity contribution in [2.24, 2.45) is 7.05 Å². The fourth-order valence-corrected chi connectivity index (χ4v) is 3.10. The Morgan fingerprint density at radius 3 is 3.00 bits per heavy atom. The summed E-state index contributed by atoms with van der Waals surface area (Å²) in [5, 5.41) is 4.28. The van der Waals surface area contributed by atoms with Crippen LogP contribution in [0, 0.1) is 6.92 Å². The number of rotatable bonds is 4. The Balaban J connectivity index is 1.63. The molecule has 1 saturated heterocycles. The van der Waals surface area contributed by atoms with Gasteiger partial charge < -0.3 is 4.90 Å². The minimum atomic E-state index is 0.546. The van der Waals surface area contributed by atoms with Crippen LogP contribution in [0.3, 0.4) is 0 Å². The first kappa shape index (κ1) is 15.0. The fraction of sp³-hybridized carbons (Fsp3) is 0.562. The normalized spacial score (nSPS) is 18.9. The van der Waals surface area contributed by atoms with Gasteiger partial charge in [-0.3, -0.25) is 9.58 Å². The zero-order valence-electron chi connectivity index (χ0n) is 13.6. The van der Waals surface area contributed by atoms with Crippen molar-refractivity contribution in [3.05, 3.63) is 36.2 Å². The number of hydrogen-bond donors (Lipinski definition) is 0. The molecule has 0 aliphatic carbocycles. The minimum Gasteiger partial charge on any atom is -0.367 e. The molecule has 0 spiro atoms. The van der Waals surface area contributed by atoms with Gasteiger partial charge in [0.25, 0.3) is 0 Å². The first-order chi connectivity index (χ1) is 10.6. The first-order valence-corrected chi connectivity index (χ1v) is 7.84. The Labute approximate surface area is 131 Å². The predicted octanol–water partition coefficient (Wildman–Crippen LogP) is 1.62. The van der Waals surface area contributed by atoms with Crippen molar-refractivity contribution >= 4 is 5.69 Å². The number of aryl methyl sites for hydroxylation is 2. The summed E-state index contributed by atoms with van der Waals surface area (Å²) < 4.78 is 1.87. The molecule has 1 aliphatic heterocycles. The summed E-state index contributed by atoms with van der Waals surface area (Å²) in [6.07, 6.45) is 8.34. The van der Waals surface area contributed by atoms with Crippen molar-refractivity contribution in [3.8, 4) is 0 Å². The maximum absolute atomic E-state index is 4.51. The van der Waals surface area contributed by atoms with Crippen molar-refractivity contribution in [2.75, 3.05) is 25.0 Å². The zero-order valence-corrected chi connectivity index (χ0v) is 13.6. The van der Waals surface area contributed by atoms with E-state index in [9.17, 15) is 0 Å². The molecular weight excluding hydrogens is 276 g/mol. The highest BCUT2D eigenvalue weighted by Gasteiger charge is 2.24. The smallest absolute Gasteiger partial charge is 0.125 e. The van der Waals surface area contributed by atoms with E-state index in [-0.39, 0.29) is 0 Å². The largest absolute Gasteiger partial charge is 0.367 e. The maximum Gasteiger partial charge on any atom is 0.125 e. The molecule has 1 aliphatic rings. The van der Waals surface area contributed by atoms with Gasteiger partial charge in [-0.15, -0.1) is 0 Å². The van der Waals surface area contributed by atoms with Gasteiger partial charge in [-0.05, 0) is 32.9 Å². The zero-order chi connectivity index (χ0) is 15.5. The van der Waals surface area contributed by atoms with Gasteiger partial charge in [0, 0.05) is 45.1 Å². The SMILES string of the molecule is Cc1nccc(CN(C)C2CCCN(c3cnn(C)c3)C2)n1. The third kappa shape index (κ3) is 3.44. The molecule has 0 saturated carbocycles.